The molecule has 0 radical (unpaired) electrons. The Hall–Kier alpha value is -0.740. The third-order valence-electron chi connectivity index (χ3n) is 2.39. The second-order valence-corrected chi connectivity index (χ2v) is 4.44. The third kappa shape index (κ3) is 2.01. The fourth-order valence-electron chi connectivity index (χ4n) is 1.56. The molecule has 1 aliphatic heterocycles. The zero-order valence-electron chi connectivity index (χ0n) is 8.17. The molecule has 4 heteroatoms. The van der Waals surface area contributed by atoms with Gasteiger partial charge in [0, 0.05) is 28.9 Å². The summed E-state index contributed by atoms with van der Waals surface area (Å²) in [5.74, 6) is 1.07. The zero-order valence-corrected chi connectivity index (χ0v) is 8.99. The molecule has 2 aliphatic rings. The van der Waals surface area contributed by atoms with Gasteiger partial charge in [-0.25, -0.2) is 0 Å². The van der Waals surface area contributed by atoms with Crippen LogP contribution in [0.5, 0.6) is 0 Å². The van der Waals surface area contributed by atoms with Gasteiger partial charge in [0.05, 0.1) is 0 Å². The molecule has 1 unspecified atom stereocenters. The highest BCUT2D eigenvalue weighted by atomic mass is 32.2. The van der Waals surface area contributed by atoms with Gasteiger partial charge in [-0.1, -0.05) is 13.0 Å². The topological polar surface area (TPSA) is 41.1 Å². The summed E-state index contributed by atoms with van der Waals surface area (Å²) in [7, 11) is 0. The van der Waals surface area contributed by atoms with Gasteiger partial charge in [-0.2, -0.15) is 0 Å². The Labute approximate surface area is 88.0 Å². The van der Waals surface area contributed by atoms with E-state index < -0.39 is 0 Å². The number of thioether (sulfide) groups is 1. The van der Waals surface area contributed by atoms with Crippen molar-refractivity contribution in [2.45, 2.75) is 25.8 Å². The molecule has 0 aromatic rings. The van der Waals surface area contributed by atoms with Crippen molar-refractivity contribution in [2.24, 2.45) is 0 Å². The molecule has 0 aromatic carbocycles. The van der Waals surface area contributed by atoms with Gasteiger partial charge >= 0.3 is 0 Å². The van der Waals surface area contributed by atoms with E-state index in [1.54, 1.807) is 0 Å². The van der Waals surface area contributed by atoms with Crippen LogP contribution < -0.4 is 10.6 Å². The Kier molecular flexibility index (Phi) is 2.93. The Morgan fingerprint density at radius 1 is 1.79 bits per heavy atom. The van der Waals surface area contributed by atoms with Crippen LogP contribution in [0.15, 0.2) is 22.8 Å². The summed E-state index contributed by atoms with van der Waals surface area (Å²) in [5.41, 5.74) is 0.958. The van der Waals surface area contributed by atoms with E-state index in [1.807, 2.05) is 18.7 Å². The molecular formula is C10H14N2OS. The van der Waals surface area contributed by atoms with E-state index in [1.165, 1.54) is 4.91 Å². The average molecular weight is 210 g/mol. The molecule has 14 heavy (non-hydrogen) atoms. The van der Waals surface area contributed by atoms with Crippen molar-refractivity contribution in [1.82, 2.24) is 10.6 Å². The van der Waals surface area contributed by atoms with E-state index >= 15 is 0 Å². The van der Waals surface area contributed by atoms with Gasteiger partial charge in [-0.05, 0) is 12.5 Å². The molecule has 3 nitrogen and oxygen atoms in total. The van der Waals surface area contributed by atoms with Crippen LogP contribution in [0.4, 0.5) is 0 Å². The minimum absolute atomic E-state index is 0.0857. The van der Waals surface area contributed by atoms with Crippen LogP contribution in [0.1, 0.15) is 19.8 Å². The van der Waals surface area contributed by atoms with Crippen molar-refractivity contribution < 1.29 is 4.79 Å². The van der Waals surface area contributed by atoms with E-state index in [0.717, 1.165) is 18.0 Å². The van der Waals surface area contributed by atoms with E-state index in [2.05, 4.69) is 22.8 Å². The lowest BCUT2D eigenvalue weighted by molar-refractivity contribution is -0.120. The number of hydrogen-bond donors (Lipinski definition) is 2. The average Bonchev–Trinajstić information content (AvgIpc) is 2.64. The van der Waals surface area contributed by atoms with Gasteiger partial charge in [-0.3, -0.25) is 10.1 Å². The number of hydrogen-bond acceptors (Lipinski definition) is 3. The number of rotatable bonds is 2. The monoisotopic (exact) mass is 210 g/mol. The summed E-state index contributed by atoms with van der Waals surface area (Å²) in [6, 6.07) is 0.488. The zero-order chi connectivity index (χ0) is 9.97. The van der Waals surface area contributed by atoms with Crippen molar-refractivity contribution in [2.75, 3.05) is 5.88 Å². The van der Waals surface area contributed by atoms with Gasteiger partial charge in [0.1, 0.15) is 0 Å². The first kappa shape index (κ1) is 9.80. The van der Waals surface area contributed by atoms with Crippen molar-refractivity contribution in [3.63, 3.8) is 0 Å². The SMILES string of the molecule is CCC(=O)NC1=CCC2NCSC2=C1. The largest absolute Gasteiger partial charge is 0.326 e. The van der Waals surface area contributed by atoms with Crippen LogP contribution in [-0.2, 0) is 4.79 Å². The first-order chi connectivity index (χ1) is 6.79. The molecule has 1 atom stereocenters. The minimum atomic E-state index is 0.0857. The molecule has 0 saturated carbocycles. The summed E-state index contributed by atoms with van der Waals surface area (Å²) >= 11 is 1.82. The molecular weight excluding hydrogens is 196 g/mol. The van der Waals surface area contributed by atoms with Crippen molar-refractivity contribution in [1.29, 1.82) is 0 Å². The Morgan fingerprint density at radius 2 is 2.64 bits per heavy atom. The van der Waals surface area contributed by atoms with Gasteiger partial charge in [-0.15, -0.1) is 11.8 Å². The highest BCUT2D eigenvalue weighted by Crippen LogP contribution is 2.31. The van der Waals surface area contributed by atoms with Crippen molar-refractivity contribution in [3.8, 4) is 0 Å². The van der Waals surface area contributed by atoms with Gasteiger partial charge in [0.15, 0.2) is 0 Å². The predicted molar refractivity (Wildman–Crippen MR) is 58.6 cm³/mol. The summed E-state index contributed by atoms with van der Waals surface area (Å²) in [4.78, 5) is 12.5. The summed E-state index contributed by atoms with van der Waals surface area (Å²) < 4.78 is 0. The summed E-state index contributed by atoms with van der Waals surface area (Å²) in [6.07, 6.45) is 5.68. The fourth-order valence-corrected chi connectivity index (χ4v) is 2.60. The summed E-state index contributed by atoms with van der Waals surface area (Å²) in [6.45, 7) is 1.86. The molecule has 76 valence electrons. The van der Waals surface area contributed by atoms with Crippen LogP contribution in [0.3, 0.4) is 0 Å². The first-order valence-electron chi connectivity index (χ1n) is 4.87. The quantitative estimate of drug-likeness (QED) is 0.723. The molecule has 2 rings (SSSR count). The van der Waals surface area contributed by atoms with E-state index in [9.17, 15) is 4.79 Å². The van der Waals surface area contributed by atoms with Crippen LogP contribution in [-0.4, -0.2) is 17.8 Å². The van der Waals surface area contributed by atoms with Gasteiger partial charge < -0.3 is 5.32 Å². The fraction of sp³-hybridized carbons (Fsp3) is 0.500. The van der Waals surface area contributed by atoms with Crippen LogP contribution in [0.25, 0.3) is 0 Å². The highest BCUT2D eigenvalue weighted by Gasteiger charge is 2.23. The summed E-state index contributed by atoms with van der Waals surface area (Å²) in [5, 5.41) is 6.27. The molecule has 1 heterocycles. The van der Waals surface area contributed by atoms with Gasteiger partial charge in [0.2, 0.25) is 5.91 Å². The number of carbonyl (C=O) groups is 1. The van der Waals surface area contributed by atoms with E-state index in [4.69, 9.17) is 0 Å². The van der Waals surface area contributed by atoms with E-state index in [-0.39, 0.29) is 5.91 Å². The molecule has 1 aliphatic carbocycles. The first-order valence-corrected chi connectivity index (χ1v) is 5.86. The lowest BCUT2D eigenvalue weighted by Crippen LogP contribution is -2.27. The number of fused-ring (bicyclic) bond motifs is 1. The van der Waals surface area contributed by atoms with Crippen LogP contribution >= 0.6 is 11.8 Å². The molecule has 0 bridgehead atoms. The van der Waals surface area contributed by atoms with Crippen molar-refractivity contribution >= 4 is 17.7 Å². The molecule has 0 aromatic heterocycles. The van der Waals surface area contributed by atoms with Crippen molar-refractivity contribution in [3.05, 3.63) is 22.8 Å². The normalized spacial score (nSPS) is 25.1. The third-order valence-corrected chi connectivity index (χ3v) is 3.43. The molecule has 1 amide bonds. The highest BCUT2D eigenvalue weighted by molar-refractivity contribution is 8.03. The standard InChI is InChI=1S/C10H14N2OS/c1-2-10(13)12-7-3-4-8-9(5-7)14-6-11-8/h3,5,8,11H,2,4,6H2,1H3,(H,12,13). The Balaban J connectivity index is 2.01. The number of carbonyl (C=O) groups excluding carboxylic acids is 1. The second-order valence-electron chi connectivity index (χ2n) is 3.39. The number of allylic oxidation sites excluding steroid dienone is 1. The maximum absolute atomic E-state index is 11.2. The number of amides is 1. The molecule has 1 saturated heterocycles. The maximum atomic E-state index is 11.2. The smallest absolute Gasteiger partial charge is 0.224 e. The minimum Gasteiger partial charge on any atom is -0.326 e. The molecule has 1 fully saturated rings. The Bertz CT molecular complexity index is 309. The van der Waals surface area contributed by atoms with Gasteiger partial charge in [0.25, 0.3) is 0 Å². The lowest BCUT2D eigenvalue weighted by atomic mass is 10.1. The lowest BCUT2D eigenvalue weighted by Gasteiger charge is -2.16. The van der Waals surface area contributed by atoms with Crippen LogP contribution in [0, 0.1) is 0 Å². The molecule has 0 spiro atoms. The second kappa shape index (κ2) is 4.19. The van der Waals surface area contributed by atoms with E-state index in [0.29, 0.717) is 12.5 Å². The maximum Gasteiger partial charge on any atom is 0.224 e. The predicted octanol–water partition coefficient (Wildman–Crippen LogP) is 1.35. The molecule has 2 N–H and O–H groups in total. The Morgan fingerprint density at radius 3 is 3.43 bits per heavy atom. The van der Waals surface area contributed by atoms with Crippen LogP contribution in [0.2, 0.25) is 0 Å². The number of nitrogens with one attached hydrogen (secondary N) is 2.